The summed E-state index contributed by atoms with van der Waals surface area (Å²) in [6, 6.07) is 5.33. The maximum absolute atomic E-state index is 10.9. The molecule has 0 radical (unpaired) electrons. The molecule has 0 bridgehead atoms. The summed E-state index contributed by atoms with van der Waals surface area (Å²) in [5.74, 6) is 0.237. The fourth-order valence-corrected chi connectivity index (χ4v) is 1.44. The molecule has 92 valence electrons. The number of carbonyl (C=O) groups is 1. The first-order valence-corrected chi connectivity index (χ1v) is 5.63. The maximum atomic E-state index is 10.9. The maximum Gasteiger partial charge on any atom is 0.330 e. The van der Waals surface area contributed by atoms with Crippen LogP contribution in [0.3, 0.4) is 0 Å². The Kier molecular flexibility index (Phi) is 5.04. The van der Waals surface area contributed by atoms with Gasteiger partial charge in [-0.3, -0.25) is 0 Å². The number of benzene rings is 1. The van der Waals surface area contributed by atoms with Crippen LogP contribution in [0.2, 0.25) is 5.02 Å². The molecule has 0 saturated heterocycles. The minimum absolute atomic E-state index is 0.0731. The van der Waals surface area contributed by atoms with Crippen LogP contribution in [0.4, 0.5) is 0 Å². The zero-order valence-electron chi connectivity index (χ0n) is 10.1. The van der Waals surface area contributed by atoms with Gasteiger partial charge in [0.1, 0.15) is 5.75 Å². The summed E-state index contributed by atoms with van der Waals surface area (Å²) in [4.78, 5) is 10.9. The molecule has 1 aromatic carbocycles. The molecule has 3 nitrogen and oxygen atoms in total. The number of ether oxygens (including phenoxy) is 2. The molecule has 0 fully saturated rings. The van der Waals surface area contributed by atoms with E-state index in [-0.39, 0.29) is 6.10 Å². The first kappa shape index (κ1) is 13.6. The van der Waals surface area contributed by atoms with Gasteiger partial charge in [-0.1, -0.05) is 17.7 Å². The normalized spacial score (nSPS) is 10.9. The van der Waals surface area contributed by atoms with E-state index in [1.165, 1.54) is 13.2 Å². The van der Waals surface area contributed by atoms with Crippen molar-refractivity contribution < 1.29 is 14.3 Å². The van der Waals surface area contributed by atoms with Gasteiger partial charge < -0.3 is 9.47 Å². The fourth-order valence-electron chi connectivity index (χ4n) is 1.20. The Hall–Kier alpha value is -1.48. The lowest BCUT2D eigenvalue weighted by Crippen LogP contribution is -2.05. The molecule has 1 rings (SSSR count). The average Bonchev–Trinajstić information content (AvgIpc) is 2.28. The van der Waals surface area contributed by atoms with Crippen LogP contribution in [-0.2, 0) is 9.53 Å². The van der Waals surface area contributed by atoms with Crippen molar-refractivity contribution in [3.63, 3.8) is 0 Å². The Morgan fingerprint density at radius 1 is 1.41 bits per heavy atom. The highest BCUT2D eigenvalue weighted by Gasteiger charge is 2.04. The van der Waals surface area contributed by atoms with Crippen molar-refractivity contribution in [3.8, 4) is 5.75 Å². The second-order valence-electron chi connectivity index (χ2n) is 3.71. The molecule has 0 N–H and O–H groups in total. The molecule has 4 heteroatoms. The van der Waals surface area contributed by atoms with Gasteiger partial charge in [-0.2, -0.15) is 0 Å². The average molecular weight is 255 g/mol. The Labute approximate surface area is 106 Å². The zero-order valence-corrected chi connectivity index (χ0v) is 10.8. The first-order valence-electron chi connectivity index (χ1n) is 5.25. The Bertz CT molecular complexity index is 425. The topological polar surface area (TPSA) is 35.5 Å². The molecule has 0 saturated carbocycles. The van der Waals surface area contributed by atoms with E-state index in [0.29, 0.717) is 10.8 Å². The van der Waals surface area contributed by atoms with Gasteiger partial charge in [-0.25, -0.2) is 4.79 Å². The van der Waals surface area contributed by atoms with Crippen molar-refractivity contribution in [3.05, 3.63) is 34.9 Å². The zero-order chi connectivity index (χ0) is 12.8. The smallest absolute Gasteiger partial charge is 0.330 e. The third kappa shape index (κ3) is 4.49. The highest BCUT2D eigenvalue weighted by atomic mass is 35.5. The van der Waals surface area contributed by atoms with Gasteiger partial charge in [0.25, 0.3) is 0 Å². The number of carbonyl (C=O) groups excluding carboxylic acids is 1. The quantitative estimate of drug-likeness (QED) is 0.611. The molecule has 0 heterocycles. The van der Waals surface area contributed by atoms with Crippen LogP contribution in [0.1, 0.15) is 19.4 Å². The van der Waals surface area contributed by atoms with Crippen LogP contribution in [0.15, 0.2) is 24.3 Å². The molecule has 0 atom stereocenters. The molecule has 0 unspecified atom stereocenters. The van der Waals surface area contributed by atoms with Crippen LogP contribution in [0.25, 0.3) is 6.08 Å². The van der Waals surface area contributed by atoms with Gasteiger partial charge in [0, 0.05) is 6.08 Å². The largest absolute Gasteiger partial charge is 0.489 e. The van der Waals surface area contributed by atoms with Gasteiger partial charge in [-0.05, 0) is 37.6 Å². The molecular weight excluding hydrogens is 240 g/mol. The molecule has 0 aliphatic rings. The van der Waals surface area contributed by atoms with Crippen molar-refractivity contribution in [1.82, 2.24) is 0 Å². The second-order valence-corrected chi connectivity index (χ2v) is 4.12. The summed E-state index contributed by atoms with van der Waals surface area (Å²) in [5, 5.41) is 0.519. The van der Waals surface area contributed by atoms with Crippen LogP contribution in [0, 0.1) is 0 Å². The highest BCUT2D eigenvalue weighted by molar-refractivity contribution is 6.32. The standard InChI is InChI=1S/C13H15ClO3/c1-9(2)17-12-6-4-10(8-11(12)14)5-7-13(15)16-3/h4-9H,1-3H3/b7-5+. The van der Waals surface area contributed by atoms with Gasteiger partial charge in [0.2, 0.25) is 0 Å². The van der Waals surface area contributed by atoms with E-state index in [4.69, 9.17) is 16.3 Å². The first-order chi connectivity index (χ1) is 8.02. The molecule has 0 spiro atoms. The number of methoxy groups -OCH3 is 1. The fraction of sp³-hybridized carbons (Fsp3) is 0.308. The van der Waals surface area contributed by atoms with Crippen LogP contribution in [0.5, 0.6) is 5.75 Å². The van der Waals surface area contributed by atoms with Crippen LogP contribution < -0.4 is 4.74 Å². The number of hydrogen-bond donors (Lipinski definition) is 0. The van der Waals surface area contributed by atoms with E-state index >= 15 is 0 Å². The van der Waals surface area contributed by atoms with Gasteiger partial charge >= 0.3 is 5.97 Å². The van der Waals surface area contributed by atoms with Gasteiger partial charge in [-0.15, -0.1) is 0 Å². The van der Waals surface area contributed by atoms with Crippen molar-refractivity contribution in [2.45, 2.75) is 20.0 Å². The molecular formula is C13H15ClO3. The Morgan fingerprint density at radius 3 is 2.65 bits per heavy atom. The lowest BCUT2D eigenvalue weighted by atomic mass is 10.2. The summed E-state index contributed by atoms with van der Waals surface area (Å²) in [5.41, 5.74) is 0.816. The van der Waals surface area contributed by atoms with E-state index < -0.39 is 5.97 Å². The van der Waals surface area contributed by atoms with Crippen molar-refractivity contribution >= 4 is 23.6 Å². The number of hydrogen-bond acceptors (Lipinski definition) is 3. The molecule has 17 heavy (non-hydrogen) atoms. The molecule has 0 aliphatic carbocycles. The molecule has 0 aliphatic heterocycles. The Morgan fingerprint density at radius 2 is 2.12 bits per heavy atom. The summed E-state index contributed by atoms with van der Waals surface area (Å²) >= 11 is 6.05. The summed E-state index contributed by atoms with van der Waals surface area (Å²) in [6.07, 6.45) is 3.05. The lowest BCUT2D eigenvalue weighted by Gasteiger charge is -2.11. The minimum atomic E-state index is -0.399. The summed E-state index contributed by atoms with van der Waals surface area (Å²) in [7, 11) is 1.33. The van der Waals surface area contributed by atoms with E-state index in [1.54, 1.807) is 18.2 Å². The van der Waals surface area contributed by atoms with Gasteiger partial charge in [0.15, 0.2) is 0 Å². The molecule has 0 aromatic heterocycles. The van der Waals surface area contributed by atoms with Crippen molar-refractivity contribution in [2.24, 2.45) is 0 Å². The Balaban J connectivity index is 2.82. The number of rotatable bonds is 4. The lowest BCUT2D eigenvalue weighted by molar-refractivity contribution is -0.134. The van der Waals surface area contributed by atoms with E-state index in [1.807, 2.05) is 19.9 Å². The molecule has 1 aromatic rings. The predicted octanol–water partition coefficient (Wildman–Crippen LogP) is 3.31. The van der Waals surface area contributed by atoms with E-state index in [2.05, 4.69) is 4.74 Å². The predicted molar refractivity (Wildman–Crippen MR) is 68.3 cm³/mol. The summed E-state index contributed by atoms with van der Waals surface area (Å²) in [6.45, 7) is 3.86. The molecule has 0 amide bonds. The van der Waals surface area contributed by atoms with Gasteiger partial charge in [0.05, 0.1) is 18.2 Å². The van der Waals surface area contributed by atoms with Crippen molar-refractivity contribution in [1.29, 1.82) is 0 Å². The monoisotopic (exact) mass is 254 g/mol. The van der Waals surface area contributed by atoms with Crippen LogP contribution in [-0.4, -0.2) is 19.2 Å². The van der Waals surface area contributed by atoms with Crippen LogP contribution >= 0.6 is 11.6 Å². The number of esters is 1. The summed E-state index contributed by atoms with van der Waals surface area (Å²) < 4.78 is 9.99. The van der Waals surface area contributed by atoms with E-state index in [0.717, 1.165) is 5.56 Å². The minimum Gasteiger partial charge on any atom is -0.489 e. The third-order valence-corrected chi connectivity index (χ3v) is 2.23. The van der Waals surface area contributed by atoms with Crippen molar-refractivity contribution in [2.75, 3.05) is 7.11 Å². The second kappa shape index (κ2) is 6.30. The number of halogens is 1. The highest BCUT2D eigenvalue weighted by Crippen LogP contribution is 2.26. The van der Waals surface area contributed by atoms with E-state index in [9.17, 15) is 4.79 Å². The SMILES string of the molecule is COC(=O)/C=C/c1ccc(OC(C)C)c(Cl)c1. The third-order valence-electron chi connectivity index (χ3n) is 1.93.